The molecule has 0 atom stereocenters. The quantitative estimate of drug-likeness (QED) is 0.244. The van der Waals surface area contributed by atoms with Crippen LogP contribution in [0.15, 0.2) is 24.3 Å². The number of rotatable bonds is 19. The van der Waals surface area contributed by atoms with Crippen LogP contribution in [0.1, 0.15) is 115 Å². The van der Waals surface area contributed by atoms with Crippen molar-refractivity contribution in [3.8, 4) is 0 Å². The summed E-state index contributed by atoms with van der Waals surface area (Å²) in [6.45, 7) is 4.08. The van der Waals surface area contributed by atoms with E-state index in [0.29, 0.717) is 6.54 Å². The third-order valence-corrected chi connectivity index (χ3v) is 5.96. The minimum absolute atomic E-state index is 0.628. The van der Waals surface area contributed by atoms with Gasteiger partial charge in [-0.25, -0.2) is 0 Å². The molecule has 2 N–H and O–H groups in total. The van der Waals surface area contributed by atoms with Crippen molar-refractivity contribution in [2.24, 2.45) is 5.73 Å². The van der Waals surface area contributed by atoms with Crippen molar-refractivity contribution in [1.29, 1.82) is 0 Å². The van der Waals surface area contributed by atoms with Gasteiger partial charge in [-0.2, -0.15) is 0 Å². The molecule has 0 saturated carbocycles. The molecule has 0 aliphatic rings. The number of benzene rings is 1. The van der Waals surface area contributed by atoms with Crippen molar-refractivity contribution in [2.45, 2.75) is 116 Å². The van der Waals surface area contributed by atoms with Gasteiger partial charge in [-0.3, -0.25) is 0 Å². The third kappa shape index (κ3) is 13.2. The molecule has 28 heavy (non-hydrogen) atoms. The van der Waals surface area contributed by atoms with Gasteiger partial charge in [-0.15, -0.1) is 0 Å². The Morgan fingerprint density at radius 1 is 0.607 bits per heavy atom. The maximum atomic E-state index is 5.67. The van der Waals surface area contributed by atoms with Gasteiger partial charge in [0.05, 0.1) is 0 Å². The maximum Gasteiger partial charge on any atom is 0.0363 e. The Balaban J connectivity index is 1.82. The summed E-state index contributed by atoms with van der Waals surface area (Å²) >= 11 is 0. The van der Waals surface area contributed by atoms with E-state index >= 15 is 0 Å². The van der Waals surface area contributed by atoms with Crippen LogP contribution in [-0.4, -0.2) is 13.6 Å². The van der Waals surface area contributed by atoms with E-state index < -0.39 is 0 Å². The summed E-state index contributed by atoms with van der Waals surface area (Å²) in [5.41, 5.74) is 8.18. The number of unbranched alkanes of at least 4 members (excludes halogenated alkanes) is 15. The number of nitrogens with zero attached hydrogens (tertiary/aromatic N) is 1. The molecule has 0 heterocycles. The molecule has 0 aliphatic carbocycles. The van der Waals surface area contributed by atoms with Crippen molar-refractivity contribution >= 4 is 5.69 Å². The largest absolute Gasteiger partial charge is 0.375 e. The molecule has 0 fully saturated rings. The number of hydrogen-bond donors (Lipinski definition) is 1. The summed E-state index contributed by atoms with van der Waals surface area (Å²) in [6, 6.07) is 8.65. The zero-order valence-corrected chi connectivity index (χ0v) is 19.1. The molecular formula is C26H48N2. The smallest absolute Gasteiger partial charge is 0.0363 e. The summed E-state index contributed by atoms with van der Waals surface area (Å²) in [6.07, 6.45) is 22.9. The Labute approximate surface area is 176 Å². The van der Waals surface area contributed by atoms with E-state index in [0.717, 1.165) is 6.54 Å². The molecule has 1 rings (SSSR count). The topological polar surface area (TPSA) is 29.3 Å². The van der Waals surface area contributed by atoms with E-state index in [-0.39, 0.29) is 0 Å². The van der Waals surface area contributed by atoms with Crippen molar-refractivity contribution in [2.75, 3.05) is 18.5 Å². The van der Waals surface area contributed by atoms with E-state index in [1.54, 1.807) is 0 Å². The highest BCUT2D eigenvalue weighted by molar-refractivity contribution is 5.46. The Hall–Kier alpha value is -1.02. The van der Waals surface area contributed by atoms with E-state index in [9.17, 15) is 0 Å². The Bertz CT molecular complexity index is 440. The van der Waals surface area contributed by atoms with Crippen molar-refractivity contribution in [3.05, 3.63) is 29.8 Å². The van der Waals surface area contributed by atoms with E-state index in [4.69, 9.17) is 5.73 Å². The summed E-state index contributed by atoms with van der Waals surface area (Å²) in [5, 5.41) is 0. The van der Waals surface area contributed by atoms with Crippen LogP contribution in [0.4, 0.5) is 5.69 Å². The number of anilines is 1. The Morgan fingerprint density at radius 3 is 1.39 bits per heavy atom. The average molecular weight is 389 g/mol. The lowest BCUT2D eigenvalue weighted by atomic mass is 10.0. The van der Waals surface area contributed by atoms with Crippen LogP contribution in [-0.2, 0) is 6.54 Å². The van der Waals surface area contributed by atoms with Gasteiger partial charge in [0, 0.05) is 25.8 Å². The summed E-state index contributed by atoms with van der Waals surface area (Å²) in [5.74, 6) is 0. The average Bonchev–Trinajstić information content (AvgIpc) is 2.73. The first kappa shape index (κ1) is 25.0. The monoisotopic (exact) mass is 388 g/mol. The summed E-state index contributed by atoms with van der Waals surface area (Å²) in [4.78, 5) is 2.37. The highest BCUT2D eigenvalue weighted by Crippen LogP contribution is 2.16. The van der Waals surface area contributed by atoms with Crippen LogP contribution in [0.2, 0.25) is 0 Å². The first-order chi connectivity index (χ1) is 13.8. The fraction of sp³-hybridized carbons (Fsp3) is 0.769. The molecule has 0 spiro atoms. The van der Waals surface area contributed by atoms with Crippen molar-refractivity contribution in [1.82, 2.24) is 0 Å². The van der Waals surface area contributed by atoms with E-state index in [1.807, 2.05) is 0 Å². The van der Waals surface area contributed by atoms with Crippen LogP contribution < -0.4 is 10.6 Å². The number of hydrogen-bond acceptors (Lipinski definition) is 2. The van der Waals surface area contributed by atoms with Crippen LogP contribution in [0.3, 0.4) is 0 Å². The van der Waals surface area contributed by atoms with Crippen LogP contribution in [0.5, 0.6) is 0 Å². The lowest BCUT2D eigenvalue weighted by Gasteiger charge is -2.19. The van der Waals surface area contributed by atoms with Gasteiger partial charge in [-0.05, 0) is 24.1 Å². The zero-order chi connectivity index (χ0) is 20.3. The second kappa shape index (κ2) is 18.0. The van der Waals surface area contributed by atoms with Crippen LogP contribution >= 0.6 is 0 Å². The predicted molar refractivity (Wildman–Crippen MR) is 127 cm³/mol. The van der Waals surface area contributed by atoms with Gasteiger partial charge in [0.1, 0.15) is 0 Å². The van der Waals surface area contributed by atoms with E-state index in [2.05, 4.69) is 43.1 Å². The fourth-order valence-electron chi connectivity index (χ4n) is 3.91. The lowest BCUT2D eigenvalue weighted by Crippen LogP contribution is -2.18. The minimum atomic E-state index is 0.628. The molecule has 162 valence electrons. The molecule has 0 radical (unpaired) electrons. The molecule has 0 unspecified atom stereocenters. The minimum Gasteiger partial charge on any atom is -0.375 e. The molecule has 2 nitrogen and oxygen atoms in total. The molecule has 0 saturated heterocycles. The van der Waals surface area contributed by atoms with Crippen molar-refractivity contribution in [3.63, 3.8) is 0 Å². The maximum absolute atomic E-state index is 5.67. The molecule has 1 aromatic carbocycles. The molecule has 2 heteroatoms. The molecule has 0 bridgehead atoms. The van der Waals surface area contributed by atoms with Crippen LogP contribution in [0.25, 0.3) is 0 Å². The molecule has 0 aliphatic heterocycles. The summed E-state index contributed by atoms with van der Waals surface area (Å²) in [7, 11) is 2.20. The predicted octanol–water partition coefficient (Wildman–Crippen LogP) is 7.84. The Morgan fingerprint density at radius 2 is 1.00 bits per heavy atom. The van der Waals surface area contributed by atoms with Crippen LogP contribution in [0, 0.1) is 0 Å². The number of nitrogens with two attached hydrogens (primary N) is 1. The first-order valence-electron chi connectivity index (χ1n) is 12.3. The standard InChI is InChI=1S/C26H48N2/c1-3-4-5-6-7-8-9-10-11-12-13-14-15-16-17-18-23-28(2)26-21-19-25(24-27)20-22-26/h19-22H,3-18,23-24,27H2,1-2H3. The highest BCUT2D eigenvalue weighted by atomic mass is 15.1. The van der Waals surface area contributed by atoms with Gasteiger partial charge in [-0.1, -0.05) is 115 Å². The zero-order valence-electron chi connectivity index (χ0n) is 19.1. The fourth-order valence-corrected chi connectivity index (χ4v) is 3.91. The SMILES string of the molecule is CCCCCCCCCCCCCCCCCCN(C)c1ccc(CN)cc1. The normalized spacial score (nSPS) is 11.1. The van der Waals surface area contributed by atoms with Gasteiger partial charge in [0.2, 0.25) is 0 Å². The molecule has 0 amide bonds. The molecule has 1 aromatic rings. The lowest BCUT2D eigenvalue weighted by molar-refractivity contribution is 0.529. The molecule has 0 aromatic heterocycles. The van der Waals surface area contributed by atoms with Crippen molar-refractivity contribution < 1.29 is 0 Å². The van der Waals surface area contributed by atoms with E-state index in [1.165, 1.54) is 114 Å². The first-order valence-corrected chi connectivity index (χ1v) is 12.3. The highest BCUT2D eigenvalue weighted by Gasteiger charge is 2.01. The van der Waals surface area contributed by atoms with Gasteiger partial charge in [0.15, 0.2) is 0 Å². The third-order valence-electron chi connectivity index (χ3n) is 5.96. The van der Waals surface area contributed by atoms with Gasteiger partial charge < -0.3 is 10.6 Å². The van der Waals surface area contributed by atoms with Gasteiger partial charge in [0.25, 0.3) is 0 Å². The molecular weight excluding hydrogens is 340 g/mol. The van der Waals surface area contributed by atoms with Gasteiger partial charge >= 0.3 is 0 Å². The second-order valence-corrected chi connectivity index (χ2v) is 8.60. The second-order valence-electron chi connectivity index (χ2n) is 8.60. The summed E-state index contributed by atoms with van der Waals surface area (Å²) < 4.78 is 0. The Kier molecular flexibility index (Phi) is 16.1.